The number of carboxylic acids is 1. The zero-order chi connectivity index (χ0) is 16.8. The van der Waals surface area contributed by atoms with Crippen LogP contribution >= 0.6 is 0 Å². The van der Waals surface area contributed by atoms with Gasteiger partial charge in [0.25, 0.3) is 0 Å². The number of aliphatic carboxylic acids is 1. The molecule has 0 aliphatic carbocycles. The van der Waals surface area contributed by atoms with Gasteiger partial charge in [-0.05, 0) is 31.5 Å². The number of piperidine rings is 1. The standard InChI is InChI=1S/C16H22N2O5/c1-22-11-6-7-14(23-2)12(9-11)17-15(19)10-18-8-4-3-5-13(18)16(20)21/h6-7,9,13H,3-5,8,10H2,1-2H3,(H,17,19)(H,20,21). The number of likely N-dealkylation sites (tertiary alicyclic amines) is 1. The molecule has 2 rings (SSSR count). The van der Waals surface area contributed by atoms with E-state index in [0.29, 0.717) is 30.2 Å². The van der Waals surface area contributed by atoms with Crippen molar-refractivity contribution >= 4 is 17.6 Å². The van der Waals surface area contributed by atoms with Gasteiger partial charge in [-0.3, -0.25) is 14.5 Å². The van der Waals surface area contributed by atoms with Crippen molar-refractivity contribution in [3.8, 4) is 11.5 Å². The molecule has 1 amide bonds. The molecule has 1 fully saturated rings. The highest BCUT2D eigenvalue weighted by molar-refractivity contribution is 5.94. The first-order valence-corrected chi connectivity index (χ1v) is 7.54. The van der Waals surface area contributed by atoms with E-state index in [4.69, 9.17) is 9.47 Å². The normalized spacial score (nSPS) is 18.3. The Kier molecular flexibility index (Phi) is 5.81. The summed E-state index contributed by atoms with van der Waals surface area (Å²) in [6, 6.07) is 4.51. The first-order chi connectivity index (χ1) is 11.0. The Balaban J connectivity index is 2.05. The van der Waals surface area contributed by atoms with Gasteiger partial charge in [0, 0.05) is 6.07 Å². The third-order valence-electron chi connectivity index (χ3n) is 3.93. The summed E-state index contributed by atoms with van der Waals surface area (Å²) in [6.45, 7) is 0.650. The molecule has 0 saturated carbocycles. The van der Waals surface area contributed by atoms with Gasteiger partial charge in [-0.2, -0.15) is 0 Å². The number of methoxy groups -OCH3 is 2. The van der Waals surface area contributed by atoms with Crippen molar-refractivity contribution < 1.29 is 24.2 Å². The van der Waals surface area contributed by atoms with E-state index in [9.17, 15) is 14.7 Å². The molecular formula is C16H22N2O5. The number of amides is 1. The predicted octanol–water partition coefficient (Wildman–Crippen LogP) is 1.58. The summed E-state index contributed by atoms with van der Waals surface area (Å²) in [5, 5.41) is 12.0. The number of nitrogens with zero attached hydrogens (tertiary/aromatic N) is 1. The fourth-order valence-corrected chi connectivity index (χ4v) is 2.75. The quantitative estimate of drug-likeness (QED) is 0.827. The summed E-state index contributed by atoms with van der Waals surface area (Å²) in [7, 11) is 3.06. The maximum atomic E-state index is 12.3. The molecular weight excluding hydrogens is 300 g/mol. The molecule has 1 atom stereocenters. The molecule has 7 nitrogen and oxygen atoms in total. The van der Waals surface area contributed by atoms with Crippen molar-refractivity contribution in [1.82, 2.24) is 4.90 Å². The van der Waals surface area contributed by atoms with Gasteiger partial charge < -0.3 is 19.9 Å². The molecule has 0 aromatic heterocycles. The highest BCUT2D eigenvalue weighted by Crippen LogP contribution is 2.29. The maximum absolute atomic E-state index is 12.3. The van der Waals surface area contributed by atoms with Gasteiger partial charge in [0.15, 0.2) is 0 Å². The Morgan fingerprint density at radius 3 is 2.74 bits per heavy atom. The van der Waals surface area contributed by atoms with E-state index in [1.54, 1.807) is 30.2 Å². The van der Waals surface area contributed by atoms with Crippen LogP contribution in [0.5, 0.6) is 11.5 Å². The number of ether oxygens (including phenoxy) is 2. The minimum Gasteiger partial charge on any atom is -0.497 e. The third kappa shape index (κ3) is 4.35. The van der Waals surface area contributed by atoms with Gasteiger partial charge in [0.1, 0.15) is 17.5 Å². The zero-order valence-electron chi connectivity index (χ0n) is 13.4. The fourth-order valence-electron chi connectivity index (χ4n) is 2.75. The number of rotatable bonds is 6. The van der Waals surface area contributed by atoms with Crippen LogP contribution in [0.2, 0.25) is 0 Å². The lowest BCUT2D eigenvalue weighted by Gasteiger charge is -2.32. The van der Waals surface area contributed by atoms with E-state index in [0.717, 1.165) is 12.8 Å². The Hall–Kier alpha value is -2.28. The van der Waals surface area contributed by atoms with Crippen LogP contribution in [0.3, 0.4) is 0 Å². The maximum Gasteiger partial charge on any atom is 0.320 e. The molecule has 1 heterocycles. The summed E-state index contributed by atoms with van der Waals surface area (Å²) in [5.74, 6) is -0.0313. The van der Waals surface area contributed by atoms with Crippen LogP contribution in [-0.4, -0.2) is 55.2 Å². The molecule has 0 spiro atoms. The van der Waals surface area contributed by atoms with Crippen LogP contribution in [0.4, 0.5) is 5.69 Å². The molecule has 2 N–H and O–H groups in total. The number of carbonyl (C=O) groups excluding carboxylic acids is 1. The van der Waals surface area contributed by atoms with Crippen molar-refractivity contribution in [2.24, 2.45) is 0 Å². The number of hydrogen-bond acceptors (Lipinski definition) is 5. The van der Waals surface area contributed by atoms with E-state index in [2.05, 4.69) is 5.32 Å². The van der Waals surface area contributed by atoms with Crippen LogP contribution in [0, 0.1) is 0 Å². The molecule has 23 heavy (non-hydrogen) atoms. The Bertz CT molecular complexity index is 576. The SMILES string of the molecule is COc1ccc(OC)c(NC(=O)CN2CCCCC2C(=O)O)c1. The number of anilines is 1. The molecule has 0 bridgehead atoms. The smallest absolute Gasteiger partial charge is 0.320 e. The average molecular weight is 322 g/mol. The van der Waals surface area contributed by atoms with E-state index < -0.39 is 12.0 Å². The molecule has 1 aliphatic rings. The minimum absolute atomic E-state index is 0.0390. The molecule has 7 heteroatoms. The van der Waals surface area contributed by atoms with Gasteiger partial charge in [-0.25, -0.2) is 0 Å². The molecule has 1 aromatic rings. The summed E-state index contributed by atoms with van der Waals surface area (Å²) < 4.78 is 10.4. The highest BCUT2D eigenvalue weighted by Gasteiger charge is 2.29. The van der Waals surface area contributed by atoms with E-state index in [1.165, 1.54) is 7.11 Å². The van der Waals surface area contributed by atoms with Crippen molar-refractivity contribution in [3.63, 3.8) is 0 Å². The molecule has 1 unspecified atom stereocenters. The van der Waals surface area contributed by atoms with Crippen LogP contribution in [-0.2, 0) is 9.59 Å². The molecule has 1 saturated heterocycles. The predicted molar refractivity (Wildman–Crippen MR) is 85.0 cm³/mol. The highest BCUT2D eigenvalue weighted by atomic mass is 16.5. The number of hydrogen-bond donors (Lipinski definition) is 2. The largest absolute Gasteiger partial charge is 0.497 e. The average Bonchev–Trinajstić information content (AvgIpc) is 2.55. The first-order valence-electron chi connectivity index (χ1n) is 7.54. The van der Waals surface area contributed by atoms with Crippen molar-refractivity contribution in [2.45, 2.75) is 25.3 Å². The second-order valence-electron chi connectivity index (χ2n) is 5.43. The fraction of sp³-hybridized carbons (Fsp3) is 0.500. The molecule has 1 aromatic carbocycles. The van der Waals surface area contributed by atoms with Crippen molar-refractivity contribution in [2.75, 3.05) is 32.6 Å². The third-order valence-corrected chi connectivity index (χ3v) is 3.93. The van der Waals surface area contributed by atoms with Gasteiger partial charge in [0.05, 0.1) is 26.5 Å². The lowest BCUT2D eigenvalue weighted by Crippen LogP contribution is -2.47. The zero-order valence-corrected chi connectivity index (χ0v) is 13.4. The van der Waals surface area contributed by atoms with Crippen LogP contribution < -0.4 is 14.8 Å². The monoisotopic (exact) mass is 322 g/mol. The Labute approximate surface area is 135 Å². The minimum atomic E-state index is -0.878. The molecule has 1 aliphatic heterocycles. The first kappa shape index (κ1) is 17.1. The topological polar surface area (TPSA) is 88.1 Å². The summed E-state index contributed by atoms with van der Waals surface area (Å²) in [5.41, 5.74) is 0.501. The van der Waals surface area contributed by atoms with Crippen molar-refractivity contribution in [1.29, 1.82) is 0 Å². The number of carbonyl (C=O) groups is 2. The number of carboxylic acid groups (broad SMARTS) is 1. The van der Waals surface area contributed by atoms with E-state index in [-0.39, 0.29) is 12.5 Å². The van der Waals surface area contributed by atoms with Gasteiger partial charge >= 0.3 is 5.97 Å². The number of benzene rings is 1. The van der Waals surface area contributed by atoms with Crippen LogP contribution in [0.1, 0.15) is 19.3 Å². The van der Waals surface area contributed by atoms with Gasteiger partial charge in [-0.1, -0.05) is 6.42 Å². The summed E-state index contributed by atoms with van der Waals surface area (Å²) >= 11 is 0. The van der Waals surface area contributed by atoms with Gasteiger partial charge in [0.2, 0.25) is 5.91 Å². The second-order valence-corrected chi connectivity index (χ2v) is 5.43. The lowest BCUT2D eigenvalue weighted by atomic mass is 10.0. The van der Waals surface area contributed by atoms with Crippen LogP contribution in [0.15, 0.2) is 18.2 Å². The van der Waals surface area contributed by atoms with E-state index in [1.807, 2.05) is 0 Å². The summed E-state index contributed by atoms with van der Waals surface area (Å²) in [4.78, 5) is 25.3. The van der Waals surface area contributed by atoms with Gasteiger partial charge in [-0.15, -0.1) is 0 Å². The second kappa shape index (κ2) is 7.82. The summed E-state index contributed by atoms with van der Waals surface area (Å²) in [6.07, 6.45) is 2.35. The molecule has 0 radical (unpaired) electrons. The van der Waals surface area contributed by atoms with E-state index >= 15 is 0 Å². The Morgan fingerprint density at radius 1 is 1.30 bits per heavy atom. The Morgan fingerprint density at radius 2 is 2.09 bits per heavy atom. The van der Waals surface area contributed by atoms with Crippen LogP contribution in [0.25, 0.3) is 0 Å². The molecule has 126 valence electrons. The lowest BCUT2D eigenvalue weighted by molar-refractivity contribution is -0.145. The van der Waals surface area contributed by atoms with Crippen molar-refractivity contribution in [3.05, 3.63) is 18.2 Å². The number of nitrogens with one attached hydrogen (secondary N) is 1.